The number of hydrogen-bond donors (Lipinski definition) is 1. The number of nitrogens with one attached hydrogen (secondary N) is 1. The van der Waals surface area contributed by atoms with Gasteiger partial charge in [-0.05, 0) is 38.6 Å². The minimum atomic E-state index is -0.00551. The van der Waals surface area contributed by atoms with Gasteiger partial charge in [-0.2, -0.15) is 0 Å². The molecule has 0 aliphatic heterocycles. The molecule has 0 aliphatic carbocycles. The molecule has 0 heterocycles. The summed E-state index contributed by atoms with van der Waals surface area (Å²) in [6.45, 7) is 17.5. The second kappa shape index (κ2) is 7.29. The van der Waals surface area contributed by atoms with Gasteiger partial charge in [0.15, 0.2) is 0 Å². The summed E-state index contributed by atoms with van der Waals surface area (Å²) in [7, 11) is 0. The minimum Gasteiger partial charge on any atom is -0.371 e. The fourth-order valence-electron chi connectivity index (χ4n) is 1.42. The highest BCUT2D eigenvalue weighted by Crippen LogP contribution is 2.19. The average molecular weight is 229 g/mol. The van der Waals surface area contributed by atoms with Crippen LogP contribution in [0.4, 0.5) is 0 Å². The van der Waals surface area contributed by atoms with Gasteiger partial charge in [-0.3, -0.25) is 0 Å². The summed E-state index contributed by atoms with van der Waals surface area (Å²) in [5.41, 5.74) is -0.00551. The highest BCUT2D eigenvalue weighted by atomic mass is 16.5. The Bertz CT molecular complexity index is 176. The van der Waals surface area contributed by atoms with E-state index >= 15 is 0 Å². The maximum Gasteiger partial charge on any atom is 0.0729 e. The summed E-state index contributed by atoms with van der Waals surface area (Å²) in [4.78, 5) is 0. The van der Waals surface area contributed by atoms with E-state index in [1.165, 1.54) is 0 Å². The lowest BCUT2D eigenvalue weighted by Gasteiger charge is -2.32. The third-order valence-corrected chi connectivity index (χ3v) is 2.96. The summed E-state index contributed by atoms with van der Waals surface area (Å²) in [5.74, 6) is 1.26. The van der Waals surface area contributed by atoms with E-state index in [2.05, 4.69) is 53.8 Å². The van der Waals surface area contributed by atoms with Crippen LogP contribution in [0.5, 0.6) is 0 Å². The van der Waals surface area contributed by atoms with Crippen molar-refractivity contribution in [2.24, 2.45) is 11.8 Å². The van der Waals surface area contributed by atoms with Crippen LogP contribution in [0.2, 0.25) is 0 Å². The van der Waals surface area contributed by atoms with Crippen molar-refractivity contribution in [2.75, 3.05) is 13.1 Å². The normalized spacial score (nSPS) is 14.8. The van der Waals surface area contributed by atoms with Gasteiger partial charge in [0.05, 0.1) is 11.7 Å². The van der Waals surface area contributed by atoms with E-state index in [4.69, 9.17) is 4.74 Å². The van der Waals surface area contributed by atoms with E-state index in [0.29, 0.717) is 17.9 Å². The lowest BCUT2D eigenvalue weighted by atomic mass is 10.0. The molecule has 0 aromatic rings. The Balaban J connectivity index is 4.08. The summed E-state index contributed by atoms with van der Waals surface area (Å²) in [6.07, 6.45) is 1.37. The van der Waals surface area contributed by atoms with Gasteiger partial charge in [-0.15, -0.1) is 0 Å². The van der Waals surface area contributed by atoms with Crippen LogP contribution in [-0.2, 0) is 4.74 Å². The second-order valence-electron chi connectivity index (χ2n) is 6.07. The molecule has 0 spiro atoms. The van der Waals surface area contributed by atoms with Crippen LogP contribution < -0.4 is 5.32 Å². The average Bonchev–Trinajstić information content (AvgIpc) is 2.15. The predicted octanol–water partition coefficient (Wildman–Crippen LogP) is 3.46. The molecule has 0 saturated heterocycles. The Hall–Kier alpha value is -0.0800. The Kier molecular flexibility index (Phi) is 7.25. The molecule has 98 valence electrons. The molecule has 0 amide bonds. The van der Waals surface area contributed by atoms with Crippen molar-refractivity contribution in [3.05, 3.63) is 0 Å². The number of hydrogen-bond acceptors (Lipinski definition) is 2. The van der Waals surface area contributed by atoms with Gasteiger partial charge in [0, 0.05) is 6.54 Å². The molecular weight excluding hydrogens is 198 g/mol. The van der Waals surface area contributed by atoms with Crippen molar-refractivity contribution in [1.29, 1.82) is 0 Å². The van der Waals surface area contributed by atoms with Crippen LogP contribution in [-0.4, -0.2) is 24.8 Å². The van der Waals surface area contributed by atoms with Crippen LogP contribution in [0.15, 0.2) is 0 Å². The van der Waals surface area contributed by atoms with Gasteiger partial charge in [-0.25, -0.2) is 0 Å². The number of ether oxygens (including phenoxy) is 1. The Morgan fingerprint density at radius 1 is 1.06 bits per heavy atom. The Morgan fingerprint density at radius 3 is 2.00 bits per heavy atom. The molecule has 0 aromatic carbocycles. The van der Waals surface area contributed by atoms with Crippen molar-refractivity contribution < 1.29 is 4.74 Å². The molecule has 1 unspecified atom stereocenters. The summed E-state index contributed by atoms with van der Waals surface area (Å²) in [6, 6.07) is 0. The van der Waals surface area contributed by atoms with Crippen molar-refractivity contribution in [1.82, 2.24) is 5.32 Å². The molecule has 0 radical (unpaired) electrons. The fourth-order valence-corrected chi connectivity index (χ4v) is 1.42. The second-order valence-corrected chi connectivity index (χ2v) is 6.07. The summed E-state index contributed by atoms with van der Waals surface area (Å²) >= 11 is 0. The molecular formula is C14H31NO. The fraction of sp³-hybridized carbons (Fsp3) is 1.00. The standard InChI is InChI=1S/C14H31NO/c1-8-14(6,7)16-13(12(4)5)10-15-9-11(2)3/h11-13,15H,8-10H2,1-7H3. The molecule has 0 rings (SSSR count). The highest BCUT2D eigenvalue weighted by molar-refractivity contribution is 4.74. The van der Waals surface area contributed by atoms with Crippen LogP contribution in [0, 0.1) is 11.8 Å². The van der Waals surface area contributed by atoms with E-state index < -0.39 is 0 Å². The van der Waals surface area contributed by atoms with Crippen LogP contribution >= 0.6 is 0 Å². The third kappa shape index (κ3) is 7.24. The molecule has 0 aromatic heterocycles. The summed E-state index contributed by atoms with van der Waals surface area (Å²) in [5, 5.41) is 3.49. The first-order valence-electron chi connectivity index (χ1n) is 6.67. The smallest absolute Gasteiger partial charge is 0.0729 e. The highest BCUT2D eigenvalue weighted by Gasteiger charge is 2.23. The van der Waals surface area contributed by atoms with Gasteiger partial charge in [-0.1, -0.05) is 34.6 Å². The Labute approximate surface area is 102 Å². The van der Waals surface area contributed by atoms with Gasteiger partial charge < -0.3 is 10.1 Å². The summed E-state index contributed by atoms with van der Waals surface area (Å²) < 4.78 is 6.17. The zero-order chi connectivity index (χ0) is 12.8. The van der Waals surface area contributed by atoms with Gasteiger partial charge >= 0.3 is 0 Å². The van der Waals surface area contributed by atoms with Crippen molar-refractivity contribution in [3.8, 4) is 0 Å². The van der Waals surface area contributed by atoms with Crippen LogP contribution in [0.1, 0.15) is 54.9 Å². The van der Waals surface area contributed by atoms with E-state index in [1.54, 1.807) is 0 Å². The molecule has 0 saturated carbocycles. The lowest BCUT2D eigenvalue weighted by molar-refractivity contribution is -0.0899. The first kappa shape index (κ1) is 15.9. The van der Waals surface area contributed by atoms with Crippen LogP contribution in [0.3, 0.4) is 0 Å². The van der Waals surface area contributed by atoms with E-state index in [0.717, 1.165) is 19.5 Å². The van der Waals surface area contributed by atoms with E-state index in [9.17, 15) is 0 Å². The van der Waals surface area contributed by atoms with Gasteiger partial charge in [0.25, 0.3) is 0 Å². The topological polar surface area (TPSA) is 21.3 Å². The van der Waals surface area contributed by atoms with Crippen molar-refractivity contribution >= 4 is 0 Å². The van der Waals surface area contributed by atoms with Gasteiger partial charge in [0.2, 0.25) is 0 Å². The molecule has 2 nitrogen and oxygen atoms in total. The third-order valence-electron chi connectivity index (χ3n) is 2.96. The zero-order valence-corrected chi connectivity index (χ0v) is 12.3. The lowest BCUT2D eigenvalue weighted by Crippen LogP contribution is -2.40. The Morgan fingerprint density at radius 2 is 1.62 bits per heavy atom. The SMILES string of the molecule is CCC(C)(C)OC(CNCC(C)C)C(C)C. The maximum absolute atomic E-state index is 6.17. The first-order valence-corrected chi connectivity index (χ1v) is 6.67. The molecule has 0 aliphatic rings. The largest absolute Gasteiger partial charge is 0.371 e. The maximum atomic E-state index is 6.17. The molecule has 1 N–H and O–H groups in total. The number of rotatable bonds is 8. The van der Waals surface area contributed by atoms with Crippen molar-refractivity contribution in [3.63, 3.8) is 0 Å². The molecule has 1 atom stereocenters. The molecule has 16 heavy (non-hydrogen) atoms. The van der Waals surface area contributed by atoms with E-state index in [1.807, 2.05) is 0 Å². The molecule has 0 bridgehead atoms. The van der Waals surface area contributed by atoms with Gasteiger partial charge in [0.1, 0.15) is 0 Å². The monoisotopic (exact) mass is 229 g/mol. The van der Waals surface area contributed by atoms with Crippen LogP contribution in [0.25, 0.3) is 0 Å². The first-order chi connectivity index (χ1) is 7.28. The minimum absolute atomic E-state index is 0.00551. The van der Waals surface area contributed by atoms with E-state index in [-0.39, 0.29) is 5.60 Å². The predicted molar refractivity (Wildman–Crippen MR) is 71.8 cm³/mol. The van der Waals surface area contributed by atoms with Crippen molar-refractivity contribution in [2.45, 2.75) is 66.6 Å². The quantitative estimate of drug-likeness (QED) is 0.688. The molecule has 2 heteroatoms. The zero-order valence-electron chi connectivity index (χ0n) is 12.3. The molecule has 0 fully saturated rings.